The molecule has 0 spiro atoms. The third-order valence-electron chi connectivity index (χ3n) is 7.11. The van der Waals surface area contributed by atoms with Crippen molar-refractivity contribution >= 4 is 34.3 Å². The number of carbonyl (C=O) groups excluding carboxylic acids is 2. The Balaban J connectivity index is 1.85. The topological polar surface area (TPSA) is 72.8 Å². The molecule has 2 bridgehead atoms. The van der Waals surface area contributed by atoms with Gasteiger partial charge in [-0.2, -0.15) is 0 Å². The van der Waals surface area contributed by atoms with E-state index in [1.54, 1.807) is 13.8 Å². The monoisotopic (exact) mass is 452 g/mol. The first-order valence-corrected chi connectivity index (χ1v) is 12.8. The van der Waals surface area contributed by atoms with Crippen LogP contribution in [0.3, 0.4) is 0 Å². The number of ether oxygens (including phenoxy) is 2. The summed E-state index contributed by atoms with van der Waals surface area (Å²) in [6.07, 6.45) is 2.43. The fraction of sp³-hybridized carbons (Fsp3) is 0.591. The Bertz CT molecular complexity index is 835. The van der Waals surface area contributed by atoms with E-state index in [0.29, 0.717) is 11.2 Å². The first-order valence-electron chi connectivity index (χ1n) is 9.85. The van der Waals surface area contributed by atoms with Crippen molar-refractivity contribution in [2.45, 2.75) is 64.2 Å². The van der Waals surface area contributed by atoms with E-state index < -0.39 is 37.3 Å². The SMILES string of the molecule is CC1(C)OC(=O)C(=[Se](C[C@]23CC[C@H](C[C@H]2O)C3(C)C)c2ccccc2)C(=O)O1. The van der Waals surface area contributed by atoms with Crippen molar-refractivity contribution in [3.05, 3.63) is 30.3 Å². The van der Waals surface area contributed by atoms with Gasteiger partial charge in [0, 0.05) is 0 Å². The second kappa shape index (κ2) is 6.51. The molecule has 3 fully saturated rings. The zero-order valence-corrected chi connectivity index (χ0v) is 18.6. The van der Waals surface area contributed by atoms with Gasteiger partial charge in [0.1, 0.15) is 0 Å². The van der Waals surface area contributed by atoms with Crippen molar-refractivity contribution in [3.8, 4) is 0 Å². The van der Waals surface area contributed by atoms with Crippen LogP contribution in [0.4, 0.5) is 0 Å². The average Bonchev–Trinajstić information content (AvgIpc) is 2.94. The summed E-state index contributed by atoms with van der Waals surface area (Å²) < 4.78 is 12.0. The van der Waals surface area contributed by atoms with E-state index in [1.165, 1.54) is 0 Å². The quantitative estimate of drug-likeness (QED) is 0.564. The molecule has 4 rings (SSSR count). The molecule has 0 aromatic heterocycles. The minimum atomic E-state index is -2.09. The molecule has 1 saturated heterocycles. The van der Waals surface area contributed by atoms with E-state index in [2.05, 4.69) is 13.8 Å². The van der Waals surface area contributed by atoms with Crippen molar-refractivity contribution in [1.82, 2.24) is 0 Å². The number of benzene rings is 1. The molecule has 2 saturated carbocycles. The Hall–Kier alpha value is -1.49. The van der Waals surface area contributed by atoms with Crippen LogP contribution >= 0.6 is 0 Å². The van der Waals surface area contributed by atoms with Crippen molar-refractivity contribution in [2.75, 3.05) is 0 Å². The van der Waals surface area contributed by atoms with Crippen LogP contribution in [0.2, 0.25) is 5.32 Å². The molecule has 152 valence electrons. The fourth-order valence-electron chi connectivity index (χ4n) is 5.34. The van der Waals surface area contributed by atoms with Gasteiger partial charge in [0.25, 0.3) is 0 Å². The van der Waals surface area contributed by atoms with E-state index >= 15 is 0 Å². The molecule has 2 aliphatic carbocycles. The maximum absolute atomic E-state index is 12.9. The molecule has 28 heavy (non-hydrogen) atoms. The molecule has 3 aliphatic rings. The summed E-state index contributed by atoms with van der Waals surface area (Å²) in [5.74, 6) is -1.88. The summed E-state index contributed by atoms with van der Waals surface area (Å²) in [5.41, 5.74) is -0.302. The van der Waals surface area contributed by atoms with Crippen LogP contribution in [0.25, 0.3) is 0 Å². The van der Waals surface area contributed by atoms with Gasteiger partial charge in [-0.05, 0) is 0 Å². The van der Waals surface area contributed by atoms with Gasteiger partial charge in [0.05, 0.1) is 0 Å². The van der Waals surface area contributed by atoms with E-state index in [4.69, 9.17) is 9.47 Å². The summed E-state index contributed by atoms with van der Waals surface area (Å²) >= 11 is -2.09. The van der Waals surface area contributed by atoms with Crippen molar-refractivity contribution in [3.63, 3.8) is 0 Å². The Kier molecular flexibility index (Phi) is 4.61. The van der Waals surface area contributed by atoms with Gasteiger partial charge in [-0.1, -0.05) is 0 Å². The number of esters is 2. The van der Waals surface area contributed by atoms with Crippen molar-refractivity contribution in [2.24, 2.45) is 16.7 Å². The number of rotatable bonds is 3. The van der Waals surface area contributed by atoms with Gasteiger partial charge in [-0.25, -0.2) is 0 Å². The number of hydrogen-bond donors (Lipinski definition) is 1. The number of fused-ring (bicyclic) bond motifs is 2. The third kappa shape index (κ3) is 2.89. The van der Waals surface area contributed by atoms with Gasteiger partial charge in [-0.15, -0.1) is 0 Å². The molecule has 1 aliphatic heterocycles. The predicted octanol–water partition coefficient (Wildman–Crippen LogP) is 2.17. The van der Waals surface area contributed by atoms with E-state index in [1.807, 2.05) is 30.3 Å². The summed E-state index contributed by atoms with van der Waals surface area (Å²) in [6, 6.07) is 9.75. The van der Waals surface area contributed by atoms with Crippen LogP contribution in [-0.2, 0) is 19.1 Å². The summed E-state index contributed by atoms with van der Waals surface area (Å²) in [5, 5.41) is 11.6. The van der Waals surface area contributed by atoms with Crippen LogP contribution in [-0.4, -0.2) is 46.8 Å². The average molecular weight is 451 g/mol. The molecule has 4 atom stereocenters. The minimum absolute atomic E-state index is 0.0226. The first kappa shape index (κ1) is 19.8. The molecule has 6 heteroatoms. The number of cyclic esters (lactones) is 2. The normalized spacial score (nSPS) is 34.1. The number of carbonyl (C=O) groups is 2. The fourth-order valence-corrected chi connectivity index (χ4v) is 11.1. The standard InChI is InChI=1S/C22H28O5Se/c1-20(2)14-10-11-22(20,16(23)12-14)13-28(15-8-6-5-7-9-15)17-18(24)26-21(3,4)27-19(17)25/h5-9,14,16,23H,10-13H2,1-4H3/t14-,16-,22-,28?/m1/s1. The first-order chi connectivity index (χ1) is 13.1. The zero-order chi connectivity index (χ0) is 20.3. The number of aliphatic hydroxyl groups excluding tert-OH is 1. The Morgan fingerprint density at radius 1 is 1.07 bits per heavy atom. The zero-order valence-electron chi connectivity index (χ0n) is 16.9. The molecule has 0 amide bonds. The molecule has 5 nitrogen and oxygen atoms in total. The molecule has 1 unspecified atom stereocenters. The summed E-state index contributed by atoms with van der Waals surface area (Å²) in [4.78, 5) is 25.7. The second-order valence-corrected chi connectivity index (χ2v) is 13.3. The molecular formula is C22H28O5Se. The Morgan fingerprint density at radius 3 is 2.18 bits per heavy atom. The van der Waals surface area contributed by atoms with E-state index in [0.717, 1.165) is 23.7 Å². The molecule has 0 radical (unpaired) electrons. The Labute approximate surface area is 169 Å². The molecular weight excluding hydrogens is 423 g/mol. The molecule has 1 aromatic carbocycles. The summed E-state index contributed by atoms with van der Waals surface area (Å²) in [6.45, 7) is 7.61. The predicted molar refractivity (Wildman–Crippen MR) is 107 cm³/mol. The van der Waals surface area contributed by atoms with Gasteiger partial charge in [0.2, 0.25) is 0 Å². The van der Waals surface area contributed by atoms with Crippen LogP contribution in [0.5, 0.6) is 0 Å². The molecule has 1 N–H and O–H groups in total. The van der Waals surface area contributed by atoms with Crippen molar-refractivity contribution in [1.29, 1.82) is 0 Å². The van der Waals surface area contributed by atoms with Gasteiger partial charge in [0.15, 0.2) is 0 Å². The Morgan fingerprint density at radius 2 is 1.68 bits per heavy atom. The van der Waals surface area contributed by atoms with Crippen molar-refractivity contribution < 1.29 is 24.2 Å². The van der Waals surface area contributed by atoms with E-state index in [-0.39, 0.29) is 15.2 Å². The van der Waals surface area contributed by atoms with Gasteiger partial charge < -0.3 is 0 Å². The van der Waals surface area contributed by atoms with E-state index in [9.17, 15) is 14.7 Å². The number of hydrogen-bond acceptors (Lipinski definition) is 5. The third-order valence-corrected chi connectivity index (χ3v) is 12.3. The molecule has 1 heterocycles. The summed E-state index contributed by atoms with van der Waals surface area (Å²) in [7, 11) is 0. The van der Waals surface area contributed by atoms with Crippen LogP contribution < -0.4 is 4.46 Å². The van der Waals surface area contributed by atoms with Crippen LogP contribution in [0.15, 0.2) is 30.3 Å². The maximum atomic E-state index is 12.9. The number of aliphatic hydroxyl groups is 1. The van der Waals surface area contributed by atoms with Crippen LogP contribution in [0.1, 0.15) is 47.0 Å². The van der Waals surface area contributed by atoms with Gasteiger partial charge in [-0.3, -0.25) is 0 Å². The second-order valence-electron chi connectivity index (χ2n) is 9.22. The van der Waals surface area contributed by atoms with Gasteiger partial charge >= 0.3 is 170 Å². The molecule has 1 aromatic rings. The van der Waals surface area contributed by atoms with Crippen LogP contribution in [0, 0.1) is 16.7 Å².